The Morgan fingerprint density at radius 3 is 1.92 bits per heavy atom. The molecule has 0 saturated heterocycles. The van der Waals surface area contributed by atoms with E-state index in [2.05, 4.69) is 4.72 Å². The molecule has 2 aromatic rings. The number of sulfonamides is 1. The third-order valence-electron chi connectivity index (χ3n) is 2.91. The summed E-state index contributed by atoms with van der Waals surface area (Å²) in [6.45, 7) is -0.220. The minimum atomic E-state index is -3.75. The van der Waals surface area contributed by atoms with Gasteiger partial charge in [0.2, 0.25) is 0 Å². The summed E-state index contributed by atoms with van der Waals surface area (Å²) in [5, 5.41) is 17.7. The quantitative estimate of drug-likeness (QED) is 0.626. The van der Waals surface area contributed by atoms with Crippen LogP contribution in [0.4, 0.5) is 5.69 Å². The lowest BCUT2D eigenvalue weighted by Gasteiger charge is -2.13. The van der Waals surface area contributed by atoms with Crippen LogP contribution in [0.5, 0.6) is 11.5 Å². The topological polar surface area (TPSA) is 105 Å². The maximum Gasteiger partial charge on any atom is 0.261 e. The number of hydrogen-bond donors (Lipinski definition) is 3. The van der Waals surface area contributed by atoms with Crippen LogP contribution in [0.2, 0.25) is 0 Å². The Kier molecular flexibility index (Phi) is 6.42. The third-order valence-corrected chi connectivity index (χ3v) is 4.30. The minimum Gasteiger partial charge on any atom is -0.491 e. The average Bonchev–Trinajstić information content (AvgIpc) is 2.58. The van der Waals surface area contributed by atoms with Crippen molar-refractivity contribution in [2.75, 3.05) is 31.1 Å². The molecule has 3 N–H and O–H groups in total. The van der Waals surface area contributed by atoms with E-state index in [9.17, 15) is 8.42 Å². The van der Waals surface area contributed by atoms with E-state index in [1.165, 1.54) is 24.3 Å². The predicted molar refractivity (Wildman–Crippen MR) is 88.9 cm³/mol. The molecule has 24 heavy (non-hydrogen) atoms. The van der Waals surface area contributed by atoms with Crippen LogP contribution in [0.25, 0.3) is 0 Å². The zero-order chi connectivity index (χ0) is 17.4. The van der Waals surface area contributed by atoms with Crippen LogP contribution >= 0.6 is 0 Å². The zero-order valence-electron chi connectivity index (χ0n) is 12.9. The Balaban J connectivity index is 2.27. The highest BCUT2D eigenvalue weighted by atomic mass is 32.2. The fraction of sp³-hybridized carbons (Fsp3) is 0.250. The molecule has 0 aliphatic rings. The van der Waals surface area contributed by atoms with Crippen molar-refractivity contribution in [3.05, 3.63) is 48.5 Å². The SMILES string of the molecule is O=S(=O)(Nc1cc(OCCO)cc(OCCO)c1)c1ccccc1. The van der Waals surface area contributed by atoms with Gasteiger partial charge in [-0.3, -0.25) is 4.72 Å². The Labute approximate surface area is 140 Å². The number of benzene rings is 2. The van der Waals surface area contributed by atoms with Crippen LogP contribution in [0.15, 0.2) is 53.4 Å². The molecule has 7 nitrogen and oxygen atoms in total. The van der Waals surface area contributed by atoms with Gasteiger partial charge in [-0.1, -0.05) is 18.2 Å². The smallest absolute Gasteiger partial charge is 0.261 e. The van der Waals surface area contributed by atoms with E-state index in [1.54, 1.807) is 24.3 Å². The Bertz CT molecular complexity index is 722. The number of anilines is 1. The van der Waals surface area contributed by atoms with E-state index in [0.717, 1.165) is 0 Å². The Morgan fingerprint density at radius 2 is 1.42 bits per heavy atom. The van der Waals surface area contributed by atoms with Crippen LogP contribution in [-0.2, 0) is 10.0 Å². The van der Waals surface area contributed by atoms with Gasteiger partial charge in [0.25, 0.3) is 10.0 Å². The number of nitrogens with one attached hydrogen (secondary N) is 1. The molecule has 0 radical (unpaired) electrons. The second kappa shape index (κ2) is 8.53. The molecule has 2 rings (SSSR count). The van der Waals surface area contributed by atoms with Gasteiger partial charge in [0.05, 0.1) is 23.8 Å². The molecule has 0 aromatic heterocycles. The molecule has 0 fully saturated rings. The minimum absolute atomic E-state index is 0.0638. The number of aliphatic hydroxyl groups excluding tert-OH is 2. The normalized spacial score (nSPS) is 11.1. The van der Waals surface area contributed by atoms with Gasteiger partial charge in [0.1, 0.15) is 24.7 Å². The lowest BCUT2D eigenvalue weighted by molar-refractivity contribution is 0.195. The number of hydrogen-bond acceptors (Lipinski definition) is 6. The van der Waals surface area contributed by atoms with Crippen LogP contribution in [0, 0.1) is 0 Å². The number of rotatable bonds is 9. The molecule has 0 bridgehead atoms. The molecule has 8 heteroatoms. The fourth-order valence-corrected chi connectivity index (χ4v) is 3.00. The summed E-state index contributed by atoms with van der Waals surface area (Å²) in [6, 6.07) is 12.5. The zero-order valence-corrected chi connectivity index (χ0v) is 13.7. The van der Waals surface area contributed by atoms with Crippen molar-refractivity contribution in [3.8, 4) is 11.5 Å². The van der Waals surface area contributed by atoms with Crippen molar-refractivity contribution >= 4 is 15.7 Å². The van der Waals surface area contributed by atoms with Crippen molar-refractivity contribution in [2.24, 2.45) is 0 Å². The van der Waals surface area contributed by atoms with Gasteiger partial charge in [0, 0.05) is 18.2 Å². The first-order valence-electron chi connectivity index (χ1n) is 7.25. The molecular formula is C16H19NO6S. The summed E-state index contributed by atoms with van der Waals surface area (Å²) in [4.78, 5) is 0.129. The average molecular weight is 353 g/mol. The van der Waals surface area contributed by atoms with E-state index in [-0.39, 0.29) is 37.0 Å². The van der Waals surface area contributed by atoms with Crippen molar-refractivity contribution < 1.29 is 28.1 Å². The highest BCUT2D eigenvalue weighted by Gasteiger charge is 2.15. The van der Waals surface area contributed by atoms with Gasteiger partial charge < -0.3 is 19.7 Å². The van der Waals surface area contributed by atoms with Gasteiger partial charge in [-0.05, 0) is 12.1 Å². The largest absolute Gasteiger partial charge is 0.491 e. The highest BCUT2D eigenvalue weighted by molar-refractivity contribution is 7.92. The maximum absolute atomic E-state index is 12.4. The molecule has 0 amide bonds. The first kappa shape index (κ1) is 18.1. The number of ether oxygens (including phenoxy) is 2. The second-order valence-electron chi connectivity index (χ2n) is 4.76. The first-order valence-corrected chi connectivity index (χ1v) is 8.74. The first-order chi connectivity index (χ1) is 11.5. The van der Waals surface area contributed by atoms with Crippen LogP contribution in [0.1, 0.15) is 0 Å². The predicted octanol–water partition coefficient (Wildman–Crippen LogP) is 1.23. The van der Waals surface area contributed by atoms with Gasteiger partial charge >= 0.3 is 0 Å². The molecule has 0 saturated carbocycles. The highest BCUT2D eigenvalue weighted by Crippen LogP contribution is 2.28. The van der Waals surface area contributed by atoms with Crippen molar-refractivity contribution in [2.45, 2.75) is 4.90 Å². The standard InChI is InChI=1S/C16H19NO6S/c18-6-8-22-14-10-13(11-15(12-14)23-9-7-19)17-24(20,21)16-4-2-1-3-5-16/h1-5,10-12,17-19H,6-9H2. The summed E-state index contributed by atoms with van der Waals surface area (Å²) in [6.07, 6.45) is 0. The van der Waals surface area contributed by atoms with Crippen molar-refractivity contribution in [1.29, 1.82) is 0 Å². The van der Waals surface area contributed by atoms with Crippen LogP contribution in [-0.4, -0.2) is 45.1 Å². The van der Waals surface area contributed by atoms with Crippen molar-refractivity contribution in [3.63, 3.8) is 0 Å². The van der Waals surface area contributed by atoms with Gasteiger partial charge in [-0.25, -0.2) is 8.42 Å². The van der Waals surface area contributed by atoms with Gasteiger partial charge in [-0.2, -0.15) is 0 Å². The lowest BCUT2D eigenvalue weighted by Crippen LogP contribution is -2.13. The van der Waals surface area contributed by atoms with E-state index in [0.29, 0.717) is 11.5 Å². The fourth-order valence-electron chi connectivity index (χ4n) is 1.94. The molecule has 130 valence electrons. The summed E-state index contributed by atoms with van der Waals surface area (Å²) in [7, 11) is -3.75. The van der Waals surface area contributed by atoms with Gasteiger partial charge in [-0.15, -0.1) is 0 Å². The molecule has 0 spiro atoms. The van der Waals surface area contributed by atoms with Crippen LogP contribution in [0.3, 0.4) is 0 Å². The summed E-state index contributed by atoms with van der Waals surface area (Å²) in [5.74, 6) is 0.676. The summed E-state index contributed by atoms with van der Waals surface area (Å²) < 4.78 is 37.8. The Morgan fingerprint density at radius 1 is 0.875 bits per heavy atom. The summed E-state index contributed by atoms with van der Waals surface area (Å²) >= 11 is 0. The van der Waals surface area contributed by atoms with E-state index < -0.39 is 10.0 Å². The molecule has 2 aromatic carbocycles. The van der Waals surface area contributed by atoms with E-state index >= 15 is 0 Å². The monoisotopic (exact) mass is 353 g/mol. The van der Waals surface area contributed by atoms with Gasteiger partial charge in [0.15, 0.2) is 0 Å². The van der Waals surface area contributed by atoms with E-state index in [4.69, 9.17) is 19.7 Å². The molecular weight excluding hydrogens is 334 g/mol. The van der Waals surface area contributed by atoms with E-state index in [1.807, 2.05) is 0 Å². The molecule has 0 heterocycles. The Hall–Kier alpha value is -2.29. The second-order valence-corrected chi connectivity index (χ2v) is 6.44. The molecule has 0 unspecified atom stereocenters. The van der Waals surface area contributed by atoms with Crippen LogP contribution < -0.4 is 14.2 Å². The lowest BCUT2D eigenvalue weighted by atomic mass is 10.3. The summed E-state index contributed by atoms with van der Waals surface area (Å²) in [5.41, 5.74) is 0.252. The van der Waals surface area contributed by atoms with Crippen molar-refractivity contribution in [1.82, 2.24) is 0 Å². The maximum atomic E-state index is 12.4. The molecule has 0 aliphatic carbocycles. The molecule has 0 aliphatic heterocycles. The molecule has 0 atom stereocenters. The number of aliphatic hydroxyl groups is 2. The third kappa shape index (κ3) is 5.12.